The Labute approximate surface area is 299 Å². The predicted octanol–water partition coefficient (Wildman–Crippen LogP) is 6.74. The standard InChI is InChI=1S/C33H37Cl2F2N3O7S2/c1-48-31-8-6-23(15-27(31)40(49(2,42)43)10-9-39-11-13-44-14-12-39)32(41)46-29(17-24-25(34)18-38-19-26(24)35)22-5-7-28(47-33(36)37)30(16-22)45-20-21-3-4-21/h5-8,15-16,18-19,21,29,33H,3-4,9-14,17,20H2,1-2H3/t29-/m0/s1. The van der Waals surface area contributed by atoms with Crippen molar-refractivity contribution in [3.05, 3.63) is 75.5 Å². The fourth-order valence-corrected chi connectivity index (χ4v) is 7.38. The zero-order valence-corrected chi connectivity index (χ0v) is 30.1. The number of esters is 1. The van der Waals surface area contributed by atoms with Crippen molar-refractivity contribution < 1.29 is 40.9 Å². The van der Waals surface area contributed by atoms with Crippen LogP contribution in [0.1, 0.15) is 40.4 Å². The highest BCUT2D eigenvalue weighted by Gasteiger charge is 2.28. The average Bonchev–Trinajstić information content (AvgIpc) is 3.90. The van der Waals surface area contributed by atoms with Crippen LogP contribution < -0.4 is 13.8 Å². The number of thioether (sulfide) groups is 1. The maximum Gasteiger partial charge on any atom is 0.387 e. The number of anilines is 1. The molecular formula is C33H37Cl2F2N3O7S2. The summed E-state index contributed by atoms with van der Waals surface area (Å²) >= 11 is 14.2. The van der Waals surface area contributed by atoms with E-state index in [4.69, 9.17) is 42.1 Å². The van der Waals surface area contributed by atoms with Crippen molar-refractivity contribution in [2.45, 2.75) is 36.9 Å². The van der Waals surface area contributed by atoms with Gasteiger partial charge in [0.25, 0.3) is 0 Å². The van der Waals surface area contributed by atoms with E-state index in [9.17, 15) is 22.0 Å². The van der Waals surface area contributed by atoms with Crippen LogP contribution in [0, 0.1) is 5.92 Å². The van der Waals surface area contributed by atoms with Crippen molar-refractivity contribution in [3.8, 4) is 11.5 Å². The summed E-state index contributed by atoms with van der Waals surface area (Å²) in [4.78, 5) is 20.7. The molecule has 2 heterocycles. The quantitative estimate of drug-likeness (QED) is 0.115. The zero-order chi connectivity index (χ0) is 35.1. The third-order valence-corrected chi connectivity index (χ3v) is 10.7. The van der Waals surface area contributed by atoms with Crippen LogP contribution in [-0.2, 0) is 25.9 Å². The third kappa shape index (κ3) is 10.3. The number of morpholine rings is 1. The van der Waals surface area contributed by atoms with E-state index in [2.05, 4.69) is 9.88 Å². The van der Waals surface area contributed by atoms with Gasteiger partial charge in [0.05, 0.1) is 47.4 Å². The highest BCUT2D eigenvalue weighted by atomic mass is 35.5. The Bertz CT molecular complexity index is 1710. The first-order valence-electron chi connectivity index (χ1n) is 15.6. The van der Waals surface area contributed by atoms with Gasteiger partial charge >= 0.3 is 12.6 Å². The zero-order valence-electron chi connectivity index (χ0n) is 26.9. The molecule has 2 aliphatic rings. The Morgan fingerprint density at radius 3 is 2.45 bits per heavy atom. The largest absolute Gasteiger partial charge is 0.489 e. The van der Waals surface area contributed by atoms with Crippen LogP contribution in [0.3, 0.4) is 0 Å². The molecule has 10 nitrogen and oxygen atoms in total. The van der Waals surface area contributed by atoms with Crippen LogP contribution in [0.25, 0.3) is 0 Å². The average molecular weight is 761 g/mol. The monoisotopic (exact) mass is 759 g/mol. The lowest BCUT2D eigenvalue weighted by Gasteiger charge is -2.31. The number of pyridine rings is 1. The number of halogens is 4. The summed E-state index contributed by atoms with van der Waals surface area (Å²) in [7, 11) is -3.74. The van der Waals surface area contributed by atoms with E-state index in [1.807, 2.05) is 6.26 Å². The Hall–Kier alpha value is -2.88. The molecule has 1 aromatic heterocycles. The van der Waals surface area contributed by atoms with Crippen molar-refractivity contribution >= 4 is 56.6 Å². The molecule has 0 bridgehead atoms. The number of hydrogen-bond donors (Lipinski definition) is 0. The molecule has 1 saturated carbocycles. The number of carbonyl (C=O) groups is 1. The Morgan fingerprint density at radius 2 is 1.82 bits per heavy atom. The van der Waals surface area contributed by atoms with Crippen LogP contribution in [0.15, 0.2) is 53.7 Å². The van der Waals surface area contributed by atoms with E-state index >= 15 is 0 Å². The van der Waals surface area contributed by atoms with E-state index in [-0.39, 0.29) is 40.1 Å². The summed E-state index contributed by atoms with van der Waals surface area (Å²) < 4.78 is 76.0. The molecule has 266 valence electrons. The molecule has 1 aliphatic heterocycles. The second-order valence-electron chi connectivity index (χ2n) is 11.7. The molecule has 1 aliphatic carbocycles. The molecule has 16 heteroatoms. The van der Waals surface area contributed by atoms with Gasteiger partial charge in [-0.3, -0.25) is 14.2 Å². The first-order valence-corrected chi connectivity index (χ1v) is 19.4. The van der Waals surface area contributed by atoms with Gasteiger partial charge in [-0.25, -0.2) is 13.2 Å². The fraction of sp³-hybridized carbons (Fsp3) is 0.455. The van der Waals surface area contributed by atoms with Crippen LogP contribution in [0.2, 0.25) is 10.0 Å². The summed E-state index contributed by atoms with van der Waals surface area (Å²) in [5, 5.41) is 0.485. The number of carbonyl (C=O) groups excluding carboxylic acids is 1. The molecule has 5 rings (SSSR count). The molecule has 2 aromatic carbocycles. The minimum atomic E-state index is -3.74. The number of benzene rings is 2. The summed E-state index contributed by atoms with van der Waals surface area (Å²) in [6, 6.07) is 9.08. The molecule has 0 radical (unpaired) electrons. The van der Waals surface area contributed by atoms with Gasteiger partial charge in [-0.15, -0.1) is 11.8 Å². The Kier molecular flexibility index (Phi) is 12.9. The van der Waals surface area contributed by atoms with Gasteiger partial charge < -0.3 is 18.9 Å². The molecule has 3 aromatic rings. The number of aromatic nitrogens is 1. The SMILES string of the molecule is CSc1ccc(C(=O)O[C@@H](Cc2c(Cl)cncc2Cl)c2ccc(OC(F)F)c(OCC3CC3)c2)cc1N(CCN1CCOCC1)S(C)(=O)=O. The lowest BCUT2D eigenvalue weighted by atomic mass is 10.0. The minimum absolute atomic E-state index is 0.00775. The minimum Gasteiger partial charge on any atom is -0.489 e. The number of alkyl halides is 2. The number of nitrogens with zero attached hydrogens (tertiary/aromatic N) is 3. The van der Waals surface area contributed by atoms with Gasteiger partial charge in [-0.2, -0.15) is 8.78 Å². The molecular weight excluding hydrogens is 723 g/mol. The van der Waals surface area contributed by atoms with Crippen LogP contribution in [0.5, 0.6) is 11.5 Å². The van der Waals surface area contributed by atoms with Crippen molar-refractivity contribution in [3.63, 3.8) is 0 Å². The maximum atomic E-state index is 13.9. The highest BCUT2D eigenvalue weighted by Crippen LogP contribution is 2.39. The lowest BCUT2D eigenvalue weighted by molar-refractivity contribution is -0.0515. The normalized spacial score (nSPS) is 16.0. The van der Waals surface area contributed by atoms with Crippen LogP contribution in [-0.4, -0.2) is 89.4 Å². The number of ether oxygens (including phenoxy) is 4. The molecule has 0 spiro atoms. The van der Waals surface area contributed by atoms with Gasteiger partial charge in [0, 0.05) is 49.9 Å². The van der Waals surface area contributed by atoms with E-state index in [1.54, 1.807) is 12.1 Å². The first kappa shape index (κ1) is 37.4. The van der Waals surface area contributed by atoms with Crippen molar-refractivity contribution in [2.24, 2.45) is 5.92 Å². The van der Waals surface area contributed by atoms with Crippen molar-refractivity contribution in [1.82, 2.24) is 9.88 Å². The van der Waals surface area contributed by atoms with Crippen LogP contribution >= 0.6 is 35.0 Å². The molecule has 1 atom stereocenters. The van der Waals surface area contributed by atoms with Gasteiger partial charge in [0.15, 0.2) is 11.5 Å². The smallest absolute Gasteiger partial charge is 0.387 e. The van der Waals surface area contributed by atoms with E-state index in [0.29, 0.717) is 67.1 Å². The van der Waals surface area contributed by atoms with Crippen LogP contribution in [0.4, 0.5) is 14.5 Å². The van der Waals surface area contributed by atoms with Gasteiger partial charge in [0.2, 0.25) is 10.0 Å². The first-order chi connectivity index (χ1) is 23.4. The fourth-order valence-electron chi connectivity index (χ4n) is 5.30. The molecule has 2 fully saturated rings. The van der Waals surface area contributed by atoms with E-state index in [0.717, 1.165) is 19.1 Å². The van der Waals surface area contributed by atoms with Crippen molar-refractivity contribution in [2.75, 3.05) is 62.8 Å². The topological polar surface area (TPSA) is 108 Å². The van der Waals surface area contributed by atoms with E-state index < -0.39 is 28.7 Å². The Balaban J connectivity index is 1.47. The molecule has 0 N–H and O–H groups in total. The van der Waals surface area contributed by atoms with E-state index in [1.165, 1.54) is 52.7 Å². The highest BCUT2D eigenvalue weighted by molar-refractivity contribution is 7.99. The van der Waals surface area contributed by atoms with Crippen molar-refractivity contribution in [1.29, 1.82) is 0 Å². The van der Waals surface area contributed by atoms with Gasteiger partial charge in [-0.05, 0) is 66.5 Å². The molecule has 0 amide bonds. The number of sulfonamides is 1. The second-order valence-corrected chi connectivity index (χ2v) is 15.3. The Morgan fingerprint density at radius 1 is 1.10 bits per heavy atom. The number of hydrogen-bond acceptors (Lipinski definition) is 10. The third-order valence-electron chi connectivity index (χ3n) is 8.12. The van der Waals surface area contributed by atoms with Gasteiger partial charge in [0.1, 0.15) is 6.10 Å². The predicted molar refractivity (Wildman–Crippen MR) is 185 cm³/mol. The summed E-state index contributed by atoms with van der Waals surface area (Å²) in [6.45, 7) is 0.420. The molecule has 49 heavy (non-hydrogen) atoms. The lowest BCUT2D eigenvalue weighted by Crippen LogP contribution is -2.43. The maximum absolute atomic E-state index is 13.9. The second kappa shape index (κ2) is 16.9. The summed E-state index contributed by atoms with van der Waals surface area (Å²) in [5.74, 6) is -0.506. The molecule has 0 unspecified atom stereocenters. The summed E-state index contributed by atoms with van der Waals surface area (Å²) in [5.41, 5.74) is 1.31. The summed E-state index contributed by atoms with van der Waals surface area (Å²) in [6.07, 6.45) is 6.71. The number of rotatable bonds is 16. The molecule has 1 saturated heterocycles. The van der Waals surface area contributed by atoms with Gasteiger partial charge in [-0.1, -0.05) is 29.3 Å².